The van der Waals surface area contributed by atoms with Gasteiger partial charge in [0.25, 0.3) is 5.91 Å². The summed E-state index contributed by atoms with van der Waals surface area (Å²) in [6, 6.07) is 0. The monoisotopic (exact) mass is 279 g/mol. The molecule has 0 spiro atoms. The summed E-state index contributed by atoms with van der Waals surface area (Å²) in [5, 5.41) is 2.83. The smallest absolute Gasteiger partial charge is 0.254 e. The summed E-state index contributed by atoms with van der Waals surface area (Å²) >= 11 is 0. The summed E-state index contributed by atoms with van der Waals surface area (Å²) in [5.41, 5.74) is 1.20. The molecule has 1 aliphatic heterocycles. The minimum absolute atomic E-state index is 0.0798. The zero-order valence-electron chi connectivity index (χ0n) is 12.2. The van der Waals surface area contributed by atoms with Crippen molar-refractivity contribution in [3.63, 3.8) is 0 Å². The average molecular weight is 279 g/mol. The fourth-order valence-electron chi connectivity index (χ4n) is 1.94. The van der Waals surface area contributed by atoms with Crippen molar-refractivity contribution in [2.24, 2.45) is 0 Å². The van der Waals surface area contributed by atoms with Gasteiger partial charge in [0.15, 0.2) is 0 Å². The van der Waals surface area contributed by atoms with E-state index in [2.05, 4.69) is 15.3 Å². The Labute approximate surface area is 118 Å². The third-order valence-corrected chi connectivity index (χ3v) is 3.13. The third kappa shape index (κ3) is 3.74. The molecule has 1 aliphatic rings. The van der Waals surface area contributed by atoms with E-state index in [0.29, 0.717) is 37.6 Å². The molecule has 1 aromatic rings. The van der Waals surface area contributed by atoms with Crippen LogP contribution in [0.5, 0.6) is 0 Å². The van der Waals surface area contributed by atoms with Crippen LogP contribution in [0.3, 0.4) is 0 Å². The van der Waals surface area contributed by atoms with Crippen LogP contribution in [0.15, 0.2) is 6.20 Å². The number of hydrogen-bond donors (Lipinski definition) is 1. The van der Waals surface area contributed by atoms with Gasteiger partial charge in [-0.25, -0.2) is 9.97 Å². The Morgan fingerprint density at radius 1 is 1.50 bits per heavy atom. The normalized spacial score (nSPS) is 19.1. The maximum absolute atomic E-state index is 12.1. The molecule has 1 fully saturated rings. The molecular formula is C14H21N3O3. The van der Waals surface area contributed by atoms with Gasteiger partial charge in [0, 0.05) is 18.7 Å². The molecule has 2 rings (SSSR count). The molecule has 0 radical (unpaired) electrons. The molecule has 110 valence electrons. The number of aryl methyl sites for hydroxylation is 1. The molecule has 0 saturated carbocycles. The summed E-state index contributed by atoms with van der Waals surface area (Å²) in [7, 11) is 0. The van der Waals surface area contributed by atoms with Gasteiger partial charge in [-0.2, -0.15) is 0 Å². The van der Waals surface area contributed by atoms with Crippen molar-refractivity contribution in [2.75, 3.05) is 26.4 Å². The molecule has 1 saturated heterocycles. The lowest BCUT2D eigenvalue weighted by Crippen LogP contribution is -2.40. The summed E-state index contributed by atoms with van der Waals surface area (Å²) < 4.78 is 10.8. The Morgan fingerprint density at radius 2 is 2.30 bits per heavy atom. The van der Waals surface area contributed by atoms with E-state index in [1.807, 2.05) is 20.8 Å². The second kappa shape index (κ2) is 6.76. The molecule has 20 heavy (non-hydrogen) atoms. The minimum atomic E-state index is -0.174. The van der Waals surface area contributed by atoms with Gasteiger partial charge in [0.2, 0.25) is 0 Å². The standard InChI is InChI=1S/C14H21N3O3/c1-9(2)13-15-7-12(10(3)17-13)14(18)16-6-11-8-19-4-5-20-11/h7,9,11H,4-6,8H2,1-3H3,(H,16,18)/t11-/m0/s1. The molecule has 6 nitrogen and oxygen atoms in total. The highest BCUT2D eigenvalue weighted by Gasteiger charge is 2.17. The lowest BCUT2D eigenvalue weighted by molar-refractivity contribution is -0.0855. The number of ether oxygens (including phenoxy) is 2. The molecule has 0 unspecified atom stereocenters. The van der Waals surface area contributed by atoms with Crippen molar-refractivity contribution in [2.45, 2.75) is 32.8 Å². The van der Waals surface area contributed by atoms with Gasteiger partial charge in [-0.3, -0.25) is 4.79 Å². The zero-order valence-corrected chi connectivity index (χ0v) is 12.2. The summed E-state index contributed by atoms with van der Waals surface area (Å²) in [6.07, 6.45) is 1.51. The molecular weight excluding hydrogens is 258 g/mol. The third-order valence-electron chi connectivity index (χ3n) is 3.13. The van der Waals surface area contributed by atoms with Gasteiger partial charge < -0.3 is 14.8 Å². The van der Waals surface area contributed by atoms with Gasteiger partial charge >= 0.3 is 0 Å². The van der Waals surface area contributed by atoms with E-state index in [0.717, 1.165) is 5.82 Å². The number of rotatable bonds is 4. The first-order valence-corrected chi connectivity index (χ1v) is 6.89. The van der Waals surface area contributed by atoms with E-state index in [9.17, 15) is 4.79 Å². The number of hydrogen-bond acceptors (Lipinski definition) is 5. The summed E-state index contributed by atoms with van der Waals surface area (Å²) in [6.45, 7) is 8.01. The van der Waals surface area contributed by atoms with Crippen LogP contribution in [-0.2, 0) is 9.47 Å². The molecule has 0 aromatic carbocycles. The Morgan fingerprint density at radius 3 is 2.90 bits per heavy atom. The van der Waals surface area contributed by atoms with Crippen LogP contribution in [0, 0.1) is 6.92 Å². The first-order chi connectivity index (χ1) is 9.58. The molecule has 1 amide bonds. The van der Waals surface area contributed by atoms with Crippen LogP contribution >= 0.6 is 0 Å². The maximum Gasteiger partial charge on any atom is 0.254 e. The van der Waals surface area contributed by atoms with Crippen molar-refractivity contribution < 1.29 is 14.3 Å². The van der Waals surface area contributed by atoms with E-state index in [-0.39, 0.29) is 17.9 Å². The molecule has 6 heteroatoms. The molecule has 0 aliphatic carbocycles. The van der Waals surface area contributed by atoms with Crippen LogP contribution in [0.25, 0.3) is 0 Å². The number of aromatic nitrogens is 2. The van der Waals surface area contributed by atoms with Crippen LogP contribution in [0.2, 0.25) is 0 Å². The van der Waals surface area contributed by atoms with E-state index in [1.54, 1.807) is 6.20 Å². The maximum atomic E-state index is 12.1. The fraction of sp³-hybridized carbons (Fsp3) is 0.643. The van der Waals surface area contributed by atoms with Crippen LogP contribution in [-0.4, -0.2) is 48.3 Å². The van der Waals surface area contributed by atoms with Gasteiger partial charge in [0.05, 0.1) is 37.2 Å². The number of carbonyl (C=O) groups excluding carboxylic acids is 1. The van der Waals surface area contributed by atoms with Gasteiger partial charge in [-0.15, -0.1) is 0 Å². The van der Waals surface area contributed by atoms with E-state index in [1.165, 1.54) is 0 Å². The number of carbonyl (C=O) groups is 1. The quantitative estimate of drug-likeness (QED) is 0.892. The highest BCUT2D eigenvalue weighted by Crippen LogP contribution is 2.11. The minimum Gasteiger partial charge on any atom is -0.376 e. The van der Waals surface area contributed by atoms with Crippen LogP contribution < -0.4 is 5.32 Å². The van der Waals surface area contributed by atoms with Crippen molar-refractivity contribution in [3.05, 3.63) is 23.3 Å². The van der Waals surface area contributed by atoms with Gasteiger partial charge in [0.1, 0.15) is 5.82 Å². The molecule has 1 aromatic heterocycles. The zero-order chi connectivity index (χ0) is 14.5. The second-order valence-corrected chi connectivity index (χ2v) is 5.16. The average Bonchev–Trinajstić information content (AvgIpc) is 2.45. The second-order valence-electron chi connectivity index (χ2n) is 5.16. The van der Waals surface area contributed by atoms with Gasteiger partial charge in [-0.1, -0.05) is 13.8 Å². The van der Waals surface area contributed by atoms with Gasteiger partial charge in [-0.05, 0) is 6.92 Å². The van der Waals surface area contributed by atoms with E-state index < -0.39 is 0 Å². The van der Waals surface area contributed by atoms with E-state index >= 15 is 0 Å². The number of amides is 1. The first kappa shape index (κ1) is 14.9. The predicted molar refractivity (Wildman–Crippen MR) is 73.8 cm³/mol. The Balaban J connectivity index is 1.94. The van der Waals surface area contributed by atoms with E-state index in [4.69, 9.17) is 9.47 Å². The van der Waals surface area contributed by atoms with Crippen molar-refractivity contribution in [3.8, 4) is 0 Å². The topological polar surface area (TPSA) is 73.3 Å². The fourth-order valence-corrected chi connectivity index (χ4v) is 1.94. The van der Waals surface area contributed by atoms with Crippen molar-refractivity contribution >= 4 is 5.91 Å². The Bertz CT molecular complexity index is 471. The van der Waals surface area contributed by atoms with Crippen LogP contribution in [0.4, 0.5) is 0 Å². The van der Waals surface area contributed by atoms with Crippen LogP contribution in [0.1, 0.15) is 41.6 Å². The molecule has 1 atom stereocenters. The lowest BCUT2D eigenvalue weighted by Gasteiger charge is -2.23. The number of nitrogens with zero attached hydrogens (tertiary/aromatic N) is 2. The largest absolute Gasteiger partial charge is 0.376 e. The summed E-state index contributed by atoms with van der Waals surface area (Å²) in [4.78, 5) is 20.7. The number of nitrogens with one attached hydrogen (secondary N) is 1. The highest BCUT2D eigenvalue weighted by molar-refractivity contribution is 5.94. The Hall–Kier alpha value is -1.53. The molecule has 1 N–H and O–H groups in total. The molecule has 2 heterocycles. The predicted octanol–water partition coefficient (Wildman–Crippen LogP) is 1.05. The summed E-state index contributed by atoms with van der Waals surface area (Å²) in [5.74, 6) is 0.827. The van der Waals surface area contributed by atoms with Crippen molar-refractivity contribution in [1.29, 1.82) is 0 Å². The molecule has 0 bridgehead atoms. The highest BCUT2D eigenvalue weighted by atomic mass is 16.6. The van der Waals surface area contributed by atoms with Crippen molar-refractivity contribution in [1.82, 2.24) is 15.3 Å². The SMILES string of the molecule is Cc1nc(C(C)C)ncc1C(=O)NC[C@H]1COCCO1. The Kier molecular flexibility index (Phi) is 5.03. The first-order valence-electron chi connectivity index (χ1n) is 6.89. The lowest BCUT2D eigenvalue weighted by atomic mass is 10.1.